The predicted octanol–water partition coefficient (Wildman–Crippen LogP) is 4.39. The van der Waals surface area contributed by atoms with Gasteiger partial charge in [-0.15, -0.1) is 0 Å². The van der Waals surface area contributed by atoms with Crippen LogP contribution in [0.4, 0.5) is 0 Å². The van der Waals surface area contributed by atoms with Gasteiger partial charge in [-0.3, -0.25) is 0 Å². The van der Waals surface area contributed by atoms with Gasteiger partial charge in [-0.2, -0.15) is 5.26 Å². The molecule has 1 N–H and O–H groups in total. The van der Waals surface area contributed by atoms with Crippen molar-refractivity contribution < 1.29 is 5.11 Å². The van der Waals surface area contributed by atoms with E-state index >= 15 is 0 Å². The fourth-order valence-corrected chi connectivity index (χ4v) is 3.60. The Morgan fingerprint density at radius 2 is 1.71 bits per heavy atom. The molecule has 1 aliphatic carbocycles. The molecule has 1 saturated carbocycles. The summed E-state index contributed by atoms with van der Waals surface area (Å²) in [5.74, 6) is -0.165. The molecule has 0 aliphatic heterocycles. The van der Waals surface area contributed by atoms with Crippen LogP contribution in [-0.4, -0.2) is 11.2 Å². The van der Waals surface area contributed by atoms with Crippen LogP contribution >= 0.6 is 0 Å². The molecule has 0 aromatic heterocycles. The van der Waals surface area contributed by atoms with E-state index in [9.17, 15) is 10.4 Å². The summed E-state index contributed by atoms with van der Waals surface area (Å²) in [6, 6.07) is 16.5. The van der Waals surface area contributed by atoms with Crippen LogP contribution in [0, 0.1) is 17.2 Å². The van der Waals surface area contributed by atoms with Crippen LogP contribution in [-0.2, 0) is 0 Å². The summed E-state index contributed by atoms with van der Waals surface area (Å²) in [4.78, 5) is 0. The van der Waals surface area contributed by atoms with Crippen molar-refractivity contribution in [1.82, 2.24) is 0 Å². The fourth-order valence-electron chi connectivity index (χ4n) is 3.60. The van der Waals surface area contributed by atoms with Crippen molar-refractivity contribution in [2.24, 2.45) is 5.92 Å². The summed E-state index contributed by atoms with van der Waals surface area (Å²) in [5.41, 5.74) is 0.966. The zero-order chi connectivity index (χ0) is 14.7. The highest BCUT2D eigenvalue weighted by molar-refractivity contribution is 5.86. The number of nitrogens with zero attached hydrogens (tertiary/aromatic N) is 1. The van der Waals surface area contributed by atoms with Crippen molar-refractivity contribution in [3.63, 3.8) is 0 Å². The molecule has 0 amide bonds. The van der Waals surface area contributed by atoms with Gasteiger partial charge in [-0.25, -0.2) is 0 Å². The Morgan fingerprint density at radius 1 is 1.00 bits per heavy atom. The molecule has 0 heterocycles. The molecule has 0 radical (unpaired) electrons. The van der Waals surface area contributed by atoms with Crippen LogP contribution < -0.4 is 0 Å². The maximum absolute atomic E-state index is 10.7. The number of aliphatic hydroxyl groups excluding tert-OH is 1. The lowest BCUT2D eigenvalue weighted by molar-refractivity contribution is 0.0747. The summed E-state index contributed by atoms with van der Waals surface area (Å²) < 4.78 is 0. The van der Waals surface area contributed by atoms with E-state index in [0.717, 1.165) is 29.2 Å². The third kappa shape index (κ3) is 2.80. The SMILES string of the molecule is N#C[C@H](c1cccc2ccccc12)[C@@H](O)C1CCCCC1. The molecular weight excluding hydrogens is 258 g/mol. The molecule has 3 rings (SSSR count). The van der Waals surface area contributed by atoms with E-state index in [1.165, 1.54) is 19.3 Å². The molecule has 0 bridgehead atoms. The van der Waals surface area contributed by atoms with Crippen molar-refractivity contribution in [3.05, 3.63) is 48.0 Å². The molecule has 2 aromatic carbocycles. The minimum Gasteiger partial charge on any atom is -0.391 e. The molecule has 0 saturated heterocycles. The van der Waals surface area contributed by atoms with Gasteiger partial charge in [0, 0.05) is 0 Å². The maximum atomic E-state index is 10.7. The zero-order valence-corrected chi connectivity index (χ0v) is 12.2. The van der Waals surface area contributed by atoms with Crippen molar-refractivity contribution in [3.8, 4) is 6.07 Å². The van der Waals surface area contributed by atoms with E-state index in [-0.39, 0.29) is 5.92 Å². The first-order valence-corrected chi connectivity index (χ1v) is 7.86. The number of nitriles is 1. The van der Waals surface area contributed by atoms with Gasteiger partial charge >= 0.3 is 0 Å². The van der Waals surface area contributed by atoms with E-state index in [2.05, 4.69) is 18.2 Å². The lowest BCUT2D eigenvalue weighted by atomic mass is 9.78. The van der Waals surface area contributed by atoms with Crippen LogP contribution in [0.3, 0.4) is 0 Å². The highest BCUT2D eigenvalue weighted by Crippen LogP contribution is 2.35. The van der Waals surface area contributed by atoms with Crippen LogP contribution in [0.1, 0.15) is 43.6 Å². The fraction of sp³-hybridized carbons (Fsp3) is 0.421. The second-order valence-corrected chi connectivity index (χ2v) is 6.06. The highest BCUT2D eigenvalue weighted by Gasteiger charge is 2.30. The van der Waals surface area contributed by atoms with E-state index in [4.69, 9.17) is 0 Å². The summed E-state index contributed by atoms with van der Waals surface area (Å²) in [7, 11) is 0. The monoisotopic (exact) mass is 279 g/mol. The third-order valence-corrected chi connectivity index (χ3v) is 4.77. The number of hydrogen-bond donors (Lipinski definition) is 1. The van der Waals surface area contributed by atoms with Gasteiger partial charge in [0.25, 0.3) is 0 Å². The van der Waals surface area contributed by atoms with Crippen LogP contribution in [0.5, 0.6) is 0 Å². The normalized spacial score (nSPS) is 19.0. The molecule has 2 aromatic rings. The smallest absolute Gasteiger partial charge is 0.0980 e. The Morgan fingerprint density at radius 3 is 2.48 bits per heavy atom. The number of hydrogen-bond acceptors (Lipinski definition) is 2. The van der Waals surface area contributed by atoms with Gasteiger partial charge in [0.1, 0.15) is 0 Å². The first-order chi connectivity index (χ1) is 10.3. The Kier molecular flexibility index (Phi) is 4.22. The van der Waals surface area contributed by atoms with E-state index < -0.39 is 12.0 Å². The molecule has 2 nitrogen and oxygen atoms in total. The van der Waals surface area contributed by atoms with Crippen molar-refractivity contribution in [2.75, 3.05) is 0 Å². The second kappa shape index (κ2) is 6.28. The zero-order valence-electron chi connectivity index (χ0n) is 12.2. The molecule has 2 atom stereocenters. The minimum atomic E-state index is -0.555. The number of fused-ring (bicyclic) bond motifs is 1. The third-order valence-electron chi connectivity index (χ3n) is 4.77. The quantitative estimate of drug-likeness (QED) is 0.905. The first-order valence-electron chi connectivity index (χ1n) is 7.86. The van der Waals surface area contributed by atoms with Crippen LogP contribution in [0.25, 0.3) is 10.8 Å². The van der Waals surface area contributed by atoms with Crippen LogP contribution in [0.15, 0.2) is 42.5 Å². The number of aliphatic hydroxyl groups is 1. The van der Waals surface area contributed by atoms with Crippen LogP contribution in [0.2, 0.25) is 0 Å². The summed E-state index contributed by atoms with van der Waals surface area (Å²) in [6.07, 6.45) is 5.15. The highest BCUT2D eigenvalue weighted by atomic mass is 16.3. The molecule has 21 heavy (non-hydrogen) atoms. The second-order valence-electron chi connectivity index (χ2n) is 6.06. The Bertz CT molecular complexity index is 647. The summed E-state index contributed by atoms with van der Waals surface area (Å²) in [6.45, 7) is 0. The Hall–Kier alpha value is -1.85. The lowest BCUT2D eigenvalue weighted by Gasteiger charge is -2.29. The average Bonchev–Trinajstić information content (AvgIpc) is 2.56. The van der Waals surface area contributed by atoms with Gasteiger partial charge < -0.3 is 5.11 Å². The Balaban J connectivity index is 1.96. The summed E-state index contributed by atoms with van der Waals surface area (Å²) >= 11 is 0. The van der Waals surface area contributed by atoms with E-state index in [0.29, 0.717) is 0 Å². The topological polar surface area (TPSA) is 44.0 Å². The van der Waals surface area contributed by atoms with Crippen molar-refractivity contribution in [1.29, 1.82) is 5.26 Å². The van der Waals surface area contributed by atoms with E-state index in [1.807, 2.05) is 30.3 Å². The van der Waals surface area contributed by atoms with E-state index in [1.54, 1.807) is 0 Å². The molecule has 108 valence electrons. The first kappa shape index (κ1) is 14.1. The van der Waals surface area contributed by atoms with Gasteiger partial charge in [0.05, 0.1) is 18.1 Å². The molecule has 2 heteroatoms. The largest absolute Gasteiger partial charge is 0.391 e. The standard InChI is InChI=1S/C19H21NO/c20-13-18(19(21)15-8-2-1-3-9-15)17-12-6-10-14-7-4-5-11-16(14)17/h4-7,10-12,15,18-19,21H,1-3,8-9H2/t18-,19+/m1/s1. The molecule has 0 unspecified atom stereocenters. The van der Waals surface area contributed by atoms with Gasteiger partial charge in [0.15, 0.2) is 0 Å². The molecule has 0 spiro atoms. The predicted molar refractivity (Wildman–Crippen MR) is 84.9 cm³/mol. The maximum Gasteiger partial charge on any atom is 0.0980 e. The van der Waals surface area contributed by atoms with Crippen molar-refractivity contribution in [2.45, 2.75) is 44.1 Å². The Labute approximate surface area is 126 Å². The summed E-state index contributed by atoms with van der Waals surface area (Å²) in [5, 5.41) is 22.6. The van der Waals surface area contributed by atoms with Gasteiger partial charge in [-0.1, -0.05) is 61.7 Å². The van der Waals surface area contributed by atoms with Crippen molar-refractivity contribution >= 4 is 10.8 Å². The minimum absolute atomic E-state index is 0.266. The molecule has 1 fully saturated rings. The van der Waals surface area contributed by atoms with Gasteiger partial charge in [0.2, 0.25) is 0 Å². The number of rotatable bonds is 3. The lowest BCUT2D eigenvalue weighted by Crippen LogP contribution is -2.28. The molecular formula is C19H21NO. The average molecular weight is 279 g/mol. The number of benzene rings is 2. The van der Waals surface area contributed by atoms with Gasteiger partial charge in [-0.05, 0) is 35.1 Å². The molecule has 1 aliphatic rings.